The third-order valence-electron chi connectivity index (χ3n) is 5.93. The van der Waals surface area contributed by atoms with Crippen molar-refractivity contribution in [2.24, 2.45) is 10.9 Å². The normalized spacial score (nSPS) is 15.1. The van der Waals surface area contributed by atoms with Crippen LogP contribution in [-0.4, -0.2) is 52.9 Å². The predicted octanol–water partition coefficient (Wildman–Crippen LogP) is 3.97. The number of H-pyrrole nitrogens is 1. The number of benzene rings is 2. The maximum absolute atomic E-state index is 12.5. The van der Waals surface area contributed by atoms with Gasteiger partial charge in [-0.2, -0.15) is 0 Å². The van der Waals surface area contributed by atoms with Gasteiger partial charge in [-0.15, -0.1) is 24.8 Å². The number of oxime groups is 1. The Morgan fingerprint density at radius 3 is 2.48 bits per heavy atom. The van der Waals surface area contributed by atoms with E-state index in [1.165, 1.54) is 0 Å². The van der Waals surface area contributed by atoms with Gasteiger partial charge in [0.15, 0.2) is 0 Å². The molecule has 0 saturated carbocycles. The molecule has 33 heavy (non-hydrogen) atoms. The molecule has 0 bridgehead atoms. The van der Waals surface area contributed by atoms with Crippen LogP contribution in [0.4, 0.5) is 0 Å². The number of para-hydroxylation sites is 2. The summed E-state index contributed by atoms with van der Waals surface area (Å²) in [5.41, 5.74) is 9.50. The van der Waals surface area contributed by atoms with Gasteiger partial charge in [0.25, 0.3) is 0 Å². The van der Waals surface area contributed by atoms with E-state index in [-0.39, 0.29) is 36.5 Å². The average molecular weight is 494 g/mol. The van der Waals surface area contributed by atoms with Crippen molar-refractivity contribution < 1.29 is 4.84 Å². The number of halogens is 2. The van der Waals surface area contributed by atoms with E-state index in [1.54, 1.807) is 0 Å². The second-order valence-electron chi connectivity index (χ2n) is 8.02. The summed E-state index contributed by atoms with van der Waals surface area (Å²) in [6, 6.07) is 18.4. The molecule has 1 fully saturated rings. The number of aromatic nitrogens is 2. The Kier molecular flexibility index (Phi) is 10.9. The Morgan fingerprint density at radius 1 is 1.06 bits per heavy atom. The third kappa shape index (κ3) is 6.84. The molecular weight excluding hydrogens is 461 g/mol. The fourth-order valence-electron chi connectivity index (χ4n) is 4.36. The molecule has 3 aromatic rings. The van der Waals surface area contributed by atoms with Crippen LogP contribution in [0, 0.1) is 0 Å². The third-order valence-corrected chi connectivity index (χ3v) is 5.93. The van der Waals surface area contributed by atoms with Gasteiger partial charge >= 0.3 is 5.69 Å². The average Bonchev–Trinajstić information content (AvgIpc) is 3.15. The number of nitrogens with two attached hydrogens (primary N) is 1. The molecule has 0 radical (unpaired) electrons. The molecule has 0 amide bonds. The Morgan fingerprint density at radius 2 is 1.76 bits per heavy atom. The molecule has 0 spiro atoms. The van der Waals surface area contributed by atoms with Gasteiger partial charge in [0.1, 0.15) is 6.61 Å². The quantitative estimate of drug-likeness (QED) is 0.268. The van der Waals surface area contributed by atoms with Crippen LogP contribution in [0.2, 0.25) is 0 Å². The van der Waals surface area contributed by atoms with Crippen LogP contribution < -0.4 is 11.4 Å². The summed E-state index contributed by atoms with van der Waals surface area (Å²) in [6.45, 7) is 3.89. The second kappa shape index (κ2) is 13.4. The summed E-state index contributed by atoms with van der Waals surface area (Å²) < 4.78 is 1.95. The topological polar surface area (TPSA) is 88.6 Å². The van der Waals surface area contributed by atoms with E-state index in [4.69, 9.17) is 10.6 Å². The molecule has 9 heteroatoms. The number of nitrogens with one attached hydrogen (secondary N) is 1. The van der Waals surface area contributed by atoms with Gasteiger partial charge < -0.3 is 20.5 Å². The molecule has 2 heterocycles. The highest BCUT2D eigenvalue weighted by Gasteiger charge is 2.23. The molecule has 0 aliphatic carbocycles. The van der Waals surface area contributed by atoms with Crippen LogP contribution in [0.15, 0.2) is 64.5 Å². The molecule has 1 aliphatic heterocycles. The molecule has 4 rings (SSSR count). The van der Waals surface area contributed by atoms with Crippen molar-refractivity contribution in [1.82, 2.24) is 14.5 Å². The number of hydrogen-bond acceptors (Lipinski definition) is 5. The summed E-state index contributed by atoms with van der Waals surface area (Å²) in [5, 5.41) is 4.33. The van der Waals surface area contributed by atoms with E-state index in [2.05, 4.69) is 27.2 Å². The molecular formula is C24H33Cl2N5O2. The van der Waals surface area contributed by atoms with Gasteiger partial charge in [-0.1, -0.05) is 47.6 Å². The maximum Gasteiger partial charge on any atom is 0.326 e. The monoisotopic (exact) mass is 493 g/mol. The van der Waals surface area contributed by atoms with Crippen molar-refractivity contribution in [2.75, 3.05) is 32.8 Å². The molecule has 180 valence electrons. The van der Waals surface area contributed by atoms with Crippen LogP contribution in [0.1, 0.15) is 37.3 Å². The van der Waals surface area contributed by atoms with Crippen molar-refractivity contribution in [3.63, 3.8) is 0 Å². The number of imidazole rings is 1. The molecule has 2 aromatic carbocycles. The van der Waals surface area contributed by atoms with Gasteiger partial charge in [0.2, 0.25) is 0 Å². The summed E-state index contributed by atoms with van der Waals surface area (Å²) in [6.07, 6.45) is 3.84. The fourth-order valence-corrected chi connectivity index (χ4v) is 4.36. The number of nitrogens with zero attached hydrogens (tertiary/aromatic N) is 3. The maximum atomic E-state index is 12.5. The largest absolute Gasteiger partial charge is 0.394 e. The first kappa shape index (κ1) is 26.9. The van der Waals surface area contributed by atoms with Gasteiger partial charge in [0, 0.05) is 25.7 Å². The molecule has 1 aliphatic rings. The summed E-state index contributed by atoms with van der Waals surface area (Å²) in [7, 11) is 0. The summed E-state index contributed by atoms with van der Waals surface area (Å²) in [5.74, 6) is 0. The molecule has 3 N–H and O–H groups in total. The van der Waals surface area contributed by atoms with Crippen molar-refractivity contribution in [3.05, 3.63) is 70.6 Å². The molecule has 7 nitrogen and oxygen atoms in total. The highest BCUT2D eigenvalue weighted by atomic mass is 35.5. The Bertz CT molecular complexity index is 1060. The number of fused-ring (bicyclic) bond motifs is 1. The number of piperidine rings is 1. The number of aromatic amines is 1. The van der Waals surface area contributed by atoms with Crippen LogP contribution >= 0.6 is 24.8 Å². The zero-order chi connectivity index (χ0) is 21.5. The Balaban J connectivity index is 0.00000193. The van der Waals surface area contributed by atoms with E-state index in [0.29, 0.717) is 13.2 Å². The molecule has 1 aromatic heterocycles. The van der Waals surface area contributed by atoms with E-state index >= 15 is 0 Å². The predicted molar refractivity (Wildman–Crippen MR) is 139 cm³/mol. The minimum Gasteiger partial charge on any atom is -0.394 e. The lowest BCUT2D eigenvalue weighted by molar-refractivity contribution is 0.151. The number of hydrogen-bond donors (Lipinski definition) is 2. The second-order valence-corrected chi connectivity index (χ2v) is 8.02. The van der Waals surface area contributed by atoms with E-state index < -0.39 is 0 Å². The summed E-state index contributed by atoms with van der Waals surface area (Å²) >= 11 is 0. The molecule has 1 saturated heterocycles. The smallest absolute Gasteiger partial charge is 0.326 e. The van der Waals surface area contributed by atoms with Crippen LogP contribution in [-0.2, 0) is 4.84 Å². The number of likely N-dealkylation sites (tertiary alicyclic amines) is 1. The lowest BCUT2D eigenvalue weighted by Gasteiger charge is -2.32. The first-order valence-corrected chi connectivity index (χ1v) is 11.1. The SMILES string of the molecule is Cl.Cl.NCCON=C(CCCN1CCC(n2c(=O)[nH]c3ccccc32)CC1)c1ccccc1. The zero-order valence-corrected chi connectivity index (χ0v) is 20.3. The summed E-state index contributed by atoms with van der Waals surface area (Å²) in [4.78, 5) is 23.3. The highest BCUT2D eigenvalue weighted by Crippen LogP contribution is 2.25. The van der Waals surface area contributed by atoms with E-state index in [1.807, 2.05) is 47.0 Å². The first-order chi connectivity index (χ1) is 15.3. The van der Waals surface area contributed by atoms with E-state index in [0.717, 1.165) is 67.6 Å². The minimum atomic E-state index is 0. The zero-order valence-electron chi connectivity index (χ0n) is 18.7. The van der Waals surface area contributed by atoms with Crippen LogP contribution in [0.3, 0.4) is 0 Å². The first-order valence-electron chi connectivity index (χ1n) is 11.1. The highest BCUT2D eigenvalue weighted by molar-refractivity contribution is 6.00. The van der Waals surface area contributed by atoms with Crippen molar-refractivity contribution in [2.45, 2.75) is 31.7 Å². The van der Waals surface area contributed by atoms with Crippen LogP contribution in [0.25, 0.3) is 11.0 Å². The molecule has 0 unspecified atom stereocenters. The minimum absolute atomic E-state index is 0. The lowest BCUT2D eigenvalue weighted by Crippen LogP contribution is -2.37. The van der Waals surface area contributed by atoms with Crippen molar-refractivity contribution in [1.29, 1.82) is 0 Å². The molecule has 0 atom stereocenters. The lowest BCUT2D eigenvalue weighted by atomic mass is 10.0. The van der Waals surface area contributed by atoms with Gasteiger partial charge in [-0.3, -0.25) is 4.57 Å². The van der Waals surface area contributed by atoms with Gasteiger partial charge in [0.05, 0.1) is 16.7 Å². The Labute approximate surface area is 206 Å². The van der Waals surface area contributed by atoms with Gasteiger partial charge in [-0.25, -0.2) is 4.79 Å². The van der Waals surface area contributed by atoms with Crippen LogP contribution in [0.5, 0.6) is 0 Å². The van der Waals surface area contributed by atoms with Crippen molar-refractivity contribution in [3.8, 4) is 0 Å². The standard InChI is InChI=1S/C24H31N5O2.2ClH/c25-14-18-31-27-21(19-7-2-1-3-8-19)10-6-15-28-16-12-20(13-17-28)29-23-11-5-4-9-22(23)26-24(29)30;;/h1-5,7-9,11,20H,6,10,12-18,25H2,(H,26,30);2*1H. The fraction of sp³-hybridized carbons (Fsp3) is 0.417. The van der Waals surface area contributed by atoms with Gasteiger partial charge in [-0.05, 0) is 49.9 Å². The van der Waals surface area contributed by atoms with E-state index in [9.17, 15) is 4.79 Å². The number of rotatable bonds is 9. The Hall–Kier alpha value is -2.32. The van der Waals surface area contributed by atoms with Crippen molar-refractivity contribution >= 4 is 41.6 Å².